The SMILES string of the molecule is Cc1cc(C2CCN(C3CC(OC4CCN(C(=O)OC(C)(C)C)CC4)C3)CC2)cc2c1C(=O)N([C@@H]1CCC(=O)NC1=O)C2. The second kappa shape index (κ2) is 11.8. The van der Waals surface area contributed by atoms with Gasteiger partial charge in [0.1, 0.15) is 11.6 Å². The van der Waals surface area contributed by atoms with Crippen LogP contribution in [0.4, 0.5) is 4.79 Å². The van der Waals surface area contributed by atoms with Crippen LogP contribution in [0.15, 0.2) is 12.1 Å². The molecule has 1 saturated carbocycles. The van der Waals surface area contributed by atoms with Crippen LogP contribution in [0.1, 0.15) is 105 Å². The van der Waals surface area contributed by atoms with Gasteiger partial charge in [-0.1, -0.05) is 12.1 Å². The lowest BCUT2D eigenvalue weighted by Crippen LogP contribution is -2.52. The van der Waals surface area contributed by atoms with Crippen molar-refractivity contribution < 1.29 is 28.7 Å². The molecule has 43 heavy (non-hydrogen) atoms. The molecule has 3 saturated heterocycles. The fraction of sp³-hybridized carbons (Fsp3) is 0.697. The van der Waals surface area contributed by atoms with Crippen LogP contribution in [0, 0.1) is 6.92 Å². The van der Waals surface area contributed by atoms with Gasteiger partial charge in [0.25, 0.3) is 5.91 Å². The van der Waals surface area contributed by atoms with Crippen LogP contribution in [0.3, 0.4) is 0 Å². The summed E-state index contributed by atoms with van der Waals surface area (Å²) in [5, 5.41) is 2.39. The summed E-state index contributed by atoms with van der Waals surface area (Å²) in [6.45, 7) is 11.6. The van der Waals surface area contributed by atoms with E-state index in [1.165, 1.54) is 5.56 Å². The van der Waals surface area contributed by atoms with Crippen LogP contribution in [0.5, 0.6) is 0 Å². The quantitative estimate of drug-likeness (QED) is 0.516. The Hall–Kier alpha value is -2.98. The highest BCUT2D eigenvalue weighted by molar-refractivity contribution is 6.06. The van der Waals surface area contributed by atoms with Crippen molar-refractivity contribution in [3.63, 3.8) is 0 Å². The molecule has 0 bridgehead atoms. The Kier molecular flexibility index (Phi) is 8.28. The van der Waals surface area contributed by atoms with Crippen molar-refractivity contribution in [2.45, 2.75) is 121 Å². The molecule has 4 fully saturated rings. The predicted octanol–water partition coefficient (Wildman–Crippen LogP) is 3.88. The van der Waals surface area contributed by atoms with Crippen molar-refractivity contribution in [2.24, 2.45) is 0 Å². The van der Waals surface area contributed by atoms with Gasteiger partial charge in [0, 0.05) is 37.7 Å². The number of hydrogen-bond donors (Lipinski definition) is 1. The average molecular weight is 595 g/mol. The lowest BCUT2D eigenvalue weighted by Gasteiger charge is -2.47. The Morgan fingerprint density at radius 2 is 1.63 bits per heavy atom. The first-order chi connectivity index (χ1) is 20.4. The van der Waals surface area contributed by atoms with Crippen LogP contribution in [-0.4, -0.2) is 94.6 Å². The molecule has 4 heterocycles. The fourth-order valence-corrected chi connectivity index (χ4v) is 7.51. The second-order valence-electron chi connectivity index (χ2n) is 14.1. The Morgan fingerprint density at radius 3 is 2.28 bits per heavy atom. The highest BCUT2D eigenvalue weighted by Crippen LogP contribution is 2.38. The van der Waals surface area contributed by atoms with Gasteiger partial charge in [-0.05, 0) is 108 Å². The van der Waals surface area contributed by atoms with Gasteiger partial charge in [-0.2, -0.15) is 0 Å². The summed E-state index contributed by atoms with van der Waals surface area (Å²) < 4.78 is 11.9. The van der Waals surface area contributed by atoms with E-state index in [4.69, 9.17) is 9.47 Å². The van der Waals surface area contributed by atoms with Crippen LogP contribution in [0.2, 0.25) is 0 Å². The van der Waals surface area contributed by atoms with E-state index in [1.807, 2.05) is 27.7 Å². The molecule has 4 aliphatic heterocycles. The molecule has 1 aliphatic carbocycles. The van der Waals surface area contributed by atoms with Crippen LogP contribution < -0.4 is 5.32 Å². The molecule has 10 heteroatoms. The number of ether oxygens (including phenoxy) is 2. The van der Waals surface area contributed by atoms with Gasteiger partial charge in [0.15, 0.2) is 0 Å². The zero-order chi connectivity index (χ0) is 30.5. The average Bonchev–Trinajstić information content (AvgIpc) is 3.26. The van der Waals surface area contributed by atoms with E-state index in [9.17, 15) is 19.2 Å². The molecule has 1 aromatic carbocycles. The standard InChI is InChI=1S/C33H46N4O6/c1-20-15-22(16-23-19-37(31(40)29(20)23)27-5-6-28(38)34-30(27)39)21-7-11-35(12-8-21)24-17-26(18-24)42-25-9-13-36(14-10-25)32(41)43-33(2,3)4/h15-16,21,24-27H,5-14,17-19H2,1-4H3,(H,34,38,39)/t24?,26?,27-/m1/s1. The predicted molar refractivity (Wildman–Crippen MR) is 159 cm³/mol. The van der Waals surface area contributed by atoms with Crippen LogP contribution in [0.25, 0.3) is 0 Å². The number of hydrogen-bond acceptors (Lipinski definition) is 7. The summed E-state index contributed by atoms with van der Waals surface area (Å²) >= 11 is 0. The van der Waals surface area contributed by atoms with Gasteiger partial charge < -0.3 is 24.2 Å². The first kappa shape index (κ1) is 30.1. The molecule has 0 spiro atoms. The van der Waals surface area contributed by atoms with Crippen LogP contribution >= 0.6 is 0 Å². The summed E-state index contributed by atoms with van der Waals surface area (Å²) in [5.74, 6) is -0.270. The number of benzene rings is 1. The molecule has 5 aliphatic rings. The Bertz CT molecular complexity index is 1270. The minimum atomic E-state index is -0.580. The van der Waals surface area contributed by atoms with E-state index in [2.05, 4.69) is 22.3 Å². The van der Waals surface area contributed by atoms with Crippen molar-refractivity contribution in [2.75, 3.05) is 26.2 Å². The Labute approximate surface area is 254 Å². The molecule has 0 aromatic heterocycles. The van der Waals surface area contributed by atoms with E-state index in [0.717, 1.165) is 68.3 Å². The van der Waals surface area contributed by atoms with E-state index in [-0.39, 0.29) is 36.3 Å². The van der Waals surface area contributed by atoms with Crippen molar-refractivity contribution in [3.8, 4) is 0 Å². The molecular formula is C33H46N4O6. The number of piperidine rings is 3. The first-order valence-electron chi connectivity index (χ1n) is 16.1. The Morgan fingerprint density at radius 1 is 0.930 bits per heavy atom. The number of amides is 4. The van der Waals surface area contributed by atoms with E-state index < -0.39 is 11.6 Å². The number of carbonyl (C=O) groups is 4. The van der Waals surface area contributed by atoms with E-state index >= 15 is 0 Å². The van der Waals surface area contributed by atoms with Gasteiger partial charge in [0.2, 0.25) is 11.8 Å². The maximum atomic E-state index is 13.3. The van der Waals surface area contributed by atoms with Crippen molar-refractivity contribution >= 4 is 23.8 Å². The molecule has 4 amide bonds. The Balaban J connectivity index is 0.953. The van der Waals surface area contributed by atoms with Gasteiger partial charge in [-0.15, -0.1) is 0 Å². The van der Waals surface area contributed by atoms with E-state index in [1.54, 1.807) is 9.80 Å². The molecule has 1 aromatic rings. The third-order valence-corrected chi connectivity index (χ3v) is 9.91. The van der Waals surface area contributed by atoms with Crippen LogP contribution in [-0.2, 0) is 25.6 Å². The van der Waals surface area contributed by atoms with Gasteiger partial charge in [-0.3, -0.25) is 19.7 Å². The van der Waals surface area contributed by atoms with Crippen molar-refractivity contribution in [3.05, 3.63) is 34.4 Å². The van der Waals surface area contributed by atoms with Crippen molar-refractivity contribution in [1.82, 2.24) is 20.0 Å². The topological polar surface area (TPSA) is 108 Å². The number of likely N-dealkylation sites (tertiary alicyclic amines) is 2. The molecule has 0 radical (unpaired) electrons. The lowest BCUT2D eigenvalue weighted by atomic mass is 9.82. The van der Waals surface area contributed by atoms with Crippen molar-refractivity contribution in [1.29, 1.82) is 0 Å². The molecule has 6 rings (SSSR count). The number of carbonyl (C=O) groups excluding carboxylic acids is 4. The molecule has 1 N–H and O–H groups in total. The first-order valence-corrected chi connectivity index (χ1v) is 16.1. The fourth-order valence-electron chi connectivity index (χ4n) is 7.51. The number of nitrogens with zero attached hydrogens (tertiary/aromatic N) is 3. The molecular weight excluding hydrogens is 548 g/mol. The minimum absolute atomic E-state index is 0.0984. The summed E-state index contributed by atoms with van der Waals surface area (Å²) in [7, 11) is 0. The zero-order valence-electron chi connectivity index (χ0n) is 26.0. The number of imide groups is 1. The maximum Gasteiger partial charge on any atom is 0.410 e. The molecule has 234 valence electrons. The highest BCUT2D eigenvalue weighted by atomic mass is 16.6. The number of aryl methyl sites for hydroxylation is 1. The monoisotopic (exact) mass is 594 g/mol. The van der Waals surface area contributed by atoms with Gasteiger partial charge >= 0.3 is 6.09 Å². The number of fused-ring (bicyclic) bond motifs is 1. The molecule has 10 nitrogen and oxygen atoms in total. The number of nitrogens with one attached hydrogen (secondary N) is 1. The second-order valence-corrected chi connectivity index (χ2v) is 14.1. The smallest absolute Gasteiger partial charge is 0.410 e. The third-order valence-electron chi connectivity index (χ3n) is 9.91. The molecule has 1 atom stereocenters. The summed E-state index contributed by atoms with van der Waals surface area (Å²) in [6.07, 6.45) is 7.02. The lowest BCUT2D eigenvalue weighted by molar-refractivity contribution is -0.136. The minimum Gasteiger partial charge on any atom is -0.444 e. The summed E-state index contributed by atoms with van der Waals surface area (Å²) in [5.41, 5.74) is 3.53. The van der Waals surface area contributed by atoms with Gasteiger partial charge in [-0.25, -0.2) is 4.79 Å². The van der Waals surface area contributed by atoms with Gasteiger partial charge in [0.05, 0.1) is 12.2 Å². The highest BCUT2D eigenvalue weighted by Gasteiger charge is 2.41. The summed E-state index contributed by atoms with van der Waals surface area (Å²) in [6, 6.07) is 4.36. The molecule has 0 unspecified atom stereocenters. The zero-order valence-corrected chi connectivity index (χ0v) is 26.0. The number of rotatable bonds is 5. The maximum absolute atomic E-state index is 13.3. The van der Waals surface area contributed by atoms with E-state index in [0.29, 0.717) is 44.1 Å². The summed E-state index contributed by atoms with van der Waals surface area (Å²) in [4.78, 5) is 55.7. The third kappa shape index (κ3) is 6.45. The largest absolute Gasteiger partial charge is 0.444 e. The normalized spacial score (nSPS) is 27.6.